The van der Waals surface area contributed by atoms with E-state index in [4.69, 9.17) is 4.42 Å². The minimum absolute atomic E-state index is 0.125. The molecule has 0 radical (unpaired) electrons. The number of hydrogen-bond donors (Lipinski definition) is 1. The van der Waals surface area contributed by atoms with Crippen LogP contribution in [0.3, 0.4) is 0 Å². The van der Waals surface area contributed by atoms with Crippen LogP contribution in [0.25, 0.3) is 11.3 Å². The second kappa shape index (κ2) is 7.11. The lowest BCUT2D eigenvalue weighted by atomic mass is 9.91. The monoisotopic (exact) mass is 351 g/mol. The van der Waals surface area contributed by atoms with Crippen molar-refractivity contribution in [2.45, 2.75) is 44.7 Å². The molecule has 0 saturated heterocycles. The van der Waals surface area contributed by atoms with Crippen molar-refractivity contribution in [1.29, 1.82) is 0 Å². The Kier molecular flexibility index (Phi) is 4.51. The molecule has 0 aromatic carbocycles. The van der Waals surface area contributed by atoms with Crippen molar-refractivity contribution in [3.63, 3.8) is 0 Å². The van der Waals surface area contributed by atoms with E-state index in [0.29, 0.717) is 11.8 Å². The Morgan fingerprint density at radius 3 is 2.77 bits per heavy atom. The molecule has 1 saturated carbocycles. The van der Waals surface area contributed by atoms with Crippen LogP contribution in [0.1, 0.15) is 47.8 Å². The summed E-state index contributed by atoms with van der Waals surface area (Å²) in [6.07, 6.45) is 14.3. The topological polar surface area (TPSA) is 85.8 Å². The molecule has 1 aliphatic carbocycles. The van der Waals surface area contributed by atoms with Gasteiger partial charge in [0.2, 0.25) is 0 Å². The molecule has 0 bridgehead atoms. The summed E-state index contributed by atoms with van der Waals surface area (Å²) in [5, 5.41) is 7.59. The van der Waals surface area contributed by atoms with Crippen LogP contribution in [-0.4, -0.2) is 31.7 Å². The summed E-state index contributed by atoms with van der Waals surface area (Å²) in [6.45, 7) is 1.88. The second-order valence-electron chi connectivity index (χ2n) is 6.71. The number of hydrogen-bond acceptors (Lipinski definition) is 5. The van der Waals surface area contributed by atoms with Gasteiger partial charge in [0.05, 0.1) is 30.4 Å². The van der Waals surface area contributed by atoms with E-state index in [0.717, 1.165) is 42.5 Å². The number of aromatic nitrogens is 4. The summed E-state index contributed by atoms with van der Waals surface area (Å²) in [5.74, 6) is 0.285. The highest BCUT2D eigenvalue weighted by Crippen LogP contribution is 2.29. The predicted octanol–water partition coefficient (Wildman–Crippen LogP) is 3.16. The molecule has 1 fully saturated rings. The Morgan fingerprint density at radius 2 is 2.08 bits per heavy atom. The Hall–Kier alpha value is -2.96. The lowest BCUT2D eigenvalue weighted by Gasteiger charge is -2.29. The number of nitrogens with zero attached hydrogens (tertiary/aromatic N) is 4. The van der Waals surface area contributed by atoms with Crippen LogP contribution in [0.5, 0.6) is 0 Å². The average molecular weight is 351 g/mol. The molecule has 0 unspecified atom stereocenters. The van der Waals surface area contributed by atoms with Gasteiger partial charge in [0.15, 0.2) is 5.76 Å². The zero-order valence-electron chi connectivity index (χ0n) is 14.6. The first-order valence-corrected chi connectivity index (χ1v) is 8.86. The van der Waals surface area contributed by atoms with E-state index in [1.165, 1.54) is 0 Å². The van der Waals surface area contributed by atoms with E-state index < -0.39 is 0 Å². The van der Waals surface area contributed by atoms with Crippen molar-refractivity contribution in [3.05, 3.63) is 54.6 Å². The first kappa shape index (κ1) is 16.5. The largest absolute Gasteiger partial charge is 0.459 e. The zero-order chi connectivity index (χ0) is 17.9. The molecule has 3 aromatic heterocycles. The fourth-order valence-corrected chi connectivity index (χ4v) is 3.46. The normalized spacial score (nSPS) is 20.0. The fourth-order valence-electron chi connectivity index (χ4n) is 3.46. The number of amides is 1. The van der Waals surface area contributed by atoms with Gasteiger partial charge in [-0.1, -0.05) is 0 Å². The summed E-state index contributed by atoms with van der Waals surface area (Å²) in [4.78, 5) is 20.7. The third-order valence-electron chi connectivity index (χ3n) is 4.93. The van der Waals surface area contributed by atoms with Crippen molar-refractivity contribution < 1.29 is 9.21 Å². The molecule has 7 nitrogen and oxygen atoms in total. The maximum atomic E-state index is 12.3. The highest BCUT2D eigenvalue weighted by Gasteiger charge is 2.25. The molecular weight excluding hydrogens is 330 g/mol. The molecule has 7 heteroatoms. The first-order chi connectivity index (χ1) is 12.7. The van der Waals surface area contributed by atoms with Crippen LogP contribution < -0.4 is 5.32 Å². The Balaban J connectivity index is 1.35. The summed E-state index contributed by atoms with van der Waals surface area (Å²) in [6, 6.07) is 2.33. The molecule has 134 valence electrons. The quantitative estimate of drug-likeness (QED) is 0.780. The second-order valence-corrected chi connectivity index (χ2v) is 6.71. The summed E-state index contributed by atoms with van der Waals surface area (Å²) >= 11 is 0. The van der Waals surface area contributed by atoms with Crippen LogP contribution in [0, 0.1) is 6.92 Å². The van der Waals surface area contributed by atoms with E-state index in [-0.39, 0.29) is 11.9 Å². The minimum Gasteiger partial charge on any atom is -0.459 e. The average Bonchev–Trinajstić information content (AvgIpc) is 3.32. The van der Waals surface area contributed by atoms with Crippen LogP contribution in [0.2, 0.25) is 0 Å². The first-order valence-electron chi connectivity index (χ1n) is 8.86. The van der Waals surface area contributed by atoms with Crippen LogP contribution in [0.4, 0.5) is 0 Å². The Morgan fingerprint density at radius 1 is 1.23 bits per heavy atom. The minimum atomic E-state index is -0.125. The maximum Gasteiger partial charge on any atom is 0.287 e. The molecule has 0 spiro atoms. The van der Waals surface area contributed by atoms with Crippen molar-refractivity contribution in [2.24, 2.45) is 0 Å². The van der Waals surface area contributed by atoms with Crippen molar-refractivity contribution in [2.75, 3.05) is 0 Å². The van der Waals surface area contributed by atoms with E-state index in [9.17, 15) is 4.79 Å². The molecule has 4 rings (SSSR count). The lowest BCUT2D eigenvalue weighted by molar-refractivity contribution is 0.0892. The van der Waals surface area contributed by atoms with E-state index in [1.807, 2.05) is 24.0 Å². The summed E-state index contributed by atoms with van der Waals surface area (Å²) in [7, 11) is 0. The number of carbonyl (C=O) groups excluding carboxylic acids is 1. The highest BCUT2D eigenvalue weighted by atomic mass is 16.3. The molecule has 26 heavy (non-hydrogen) atoms. The van der Waals surface area contributed by atoms with Gasteiger partial charge < -0.3 is 9.73 Å². The van der Waals surface area contributed by atoms with Gasteiger partial charge >= 0.3 is 0 Å². The van der Waals surface area contributed by atoms with Crippen LogP contribution >= 0.6 is 0 Å². The number of nitrogens with one attached hydrogen (secondary N) is 1. The number of aryl methyl sites for hydroxylation is 1. The van der Waals surface area contributed by atoms with E-state index in [2.05, 4.69) is 20.4 Å². The van der Waals surface area contributed by atoms with Gasteiger partial charge in [-0.2, -0.15) is 5.10 Å². The maximum absolute atomic E-state index is 12.3. The van der Waals surface area contributed by atoms with Gasteiger partial charge in [0, 0.05) is 35.8 Å². The van der Waals surface area contributed by atoms with E-state index in [1.54, 1.807) is 30.9 Å². The third-order valence-corrected chi connectivity index (χ3v) is 4.93. The molecule has 3 heterocycles. The van der Waals surface area contributed by atoms with Crippen molar-refractivity contribution in [1.82, 2.24) is 25.1 Å². The standard InChI is InChI=1S/C19H21N5O2/c1-13-6-9-26-18(13)19(25)23-15-2-4-16(5-3-15)24-12-14(10-22-24)17-11-20-7-8-21-17/h6-12,15-16H,2-5H2,1H3,(H,23,25). The van der Waals surface area contributed by atoms with Crippen molar-refractivity contribution >= 4 is 5.91 Å². The number of rotatable bonds is 4. The Bertz CT molecular complexity index is 878. The van der Waals surface area contributed by atoms with Gasteiger partial charge in [-0.3, -0.25) is 19.4 Å². The summed E-state index contributed by atoms with van der Waals surface area (Å²) in [5.41, 5.74) is 2.67. The lowest BCUT2D eigenvalue weighted by Crippen LogP contribution is -2.38. The smallest absolute Gasteiger partial charge is 0.287 e. The van der Waals surface area contributed by atoms with Crippen LogP contribution in [-0.2, 0) is 0 Å². The molecule has 0 aliphatic heterocycles. The fraction of sp³-hybridized carbons (Fsp3) is 0.368. The number of furan rings is 1. The summed E-state index contributed by atoms with van der Waals surface area (Å²) < 4.78 is 7.28. The molecule has 3 aromatic rings. The van der Waals surface area contributed by atoms with Crippen LogP contribution in [0.15, 0.2) is 47.7 Å². The van der Waals surface area contributed by atoms with Gasteiger partial charge in [-0.25, -0.2) is 0 Å². The molecule has 1 N–H and O–H groups in total. The van der Waals surface area contributed by atoms with E-state index >= 15 is 0 Å². The number of carbonyl (C=O) groups is 1. The highest BCUT2D eigenvalue weighted by molar-refractivity contribution is 5.92. The predicted molar refractivity (Wildman–Crippen MR) is 95.5 cm³/mol. The SMILES string of the molecule is Cc1ccoc1C(=O)NC1CCC(n2cc(-c3cnccn3)cn2)CC1. The molecular formula is C19H21N5O2. The van der Waals surface area contributed by atoms with Crippen molar-refractivity contribution in [3.8, 4) is 11.3 Å². The molecule has 0 atom stereocenters. The van der Waals surface area contributed by atoms with Gasteiger partial charge in [0.1, 0.15) is 0 Å². The van der Waals surface area contributed by atoms with Gasteiger partial charge in [0.25, 0.3) is 5.91 Å². The zero-order valence-corrected chi connectivity index (χ0v) is 14.6. The Labute approximate surface area is 151 Å². The van der Waals surface area contributed by atoms with Gasteiger partial charge in [-0.15, -0.1) is 0 Å². The third kappa shape index (κ3) is 3.37. The molecule has 1 aliphatic rings. The molecule has 1 amide bonds. The van der Waals surface area contributed by atoms with Gasteiger partial charge in [-0.05, 0) is 38.7 Å².